The summed E-state index contributed by atoms with van der Waals surface area (Å²) in [5, 5.41) is 0. The Balaban J connectivity index is 0.000000214. The standard InChI is InChI=1S/C17H21FN2S.C14H19NO/c1-12-13(2)21-16-7-6-14(11-18)10-15(16)17(19-12)20-8-4-3-5-9-20;1-4-8-14(16)15(3)11-12(2)13-9-6-5-7-10-13/h6-7,10H,3-5,8-9,11H2,1-2H3;4-7,9-10,12H,1,8,11H2,2-3H3. The first-order chi connectivity index (χ1) is 17.8. The molecule has 1 fully saturated rings. The monoisotopic (exact) mass is 521 g/mol. The van der Waals surface area contributed by atoms with E-state index in [1.807, 2.05) is 43.4 Å². The van der Waals surface area contributed by atoms with Crippen LogP contribution >= 0.6 is 11.8 Å². The smallest absolute Gasteiger partial charge is 0.226 e. The van der Waals surface area contributed by atoms with Crippen molar-refractivity contribution < 1.29 is 9.18 Å². The minimum atomic E-state index is -0.420. The number of alkyl halides is 1. The SMILES string of the molecule is C=CCC(=O)N(C)CC(C)c1ccccc1.CC1=C(C)Sc2ccc(CF)cc2C(N2CCCCC2)=N1. The van der Waals surface area contributed by atoms with Gasteiger partial charge in [0.15, 0.2) is 0 Å². The van der Waals surface area contributed by atoms with Crippen LogP contribution < -0.4 is 0 Å². The van der Waals surface area contributed by atoms with Gasteiger partial charge >= 0.3 is 0 Å². The lowest BCUT2D eigenvalue weighted by Gasteiger charge is -2.30. The maximum atomic E-state index is 13.0. The molecule has 0 radical (unpaired) electrons. The van der Waals surface area contributed by atoms with Crippen molar-refractivity contribution in [2.24, 2.45) is 4.99 Å². The summed E-state index contributed by atoms with van der Waals surface area (Å²) in [6.45, 7) is 12.3. The third-order valence-electron chi connectivity index (χ3n) is 6.80. The number of allylic oxidation sites excluding steroid dienone is 2. The molecule has 0 spiro atoms. The third-order valence-corrected chi connectivity index (χ3v) is 7.98. The molecule has 4 nitrogen and oxygen atoms in total. The van der Waals surface area contributed by atoms with Gasteiger partial charge in [-0.1, -0.05) is 61.2 Å². The number of halogens is 1. The van der Waals surface area contributed by atoms with E-state index in [4.69, 9.17) is 4.99 Å². The van der Waals surface area contributed by atoms with Crippen molar-refractivity contribution >= 4 is 23.5 Å². The second-order valence-electron chi connectivity index (χ2n) is 9.77. The molecule has 37 heavy (non-hydrogen) atoms. The predicted octanol–water partition coefficient (Wildman–Crippen LogP) is 7.57. The van der Waals surface area contributed by atoms with Gasteiger partial charge in [0.2, 0.25) is 5.91 Å². The molecule has 6 heteroatoms. The van der Waals surface area contributed by atoms with E-state index in [9.17, 15) is 9.18 Å². The van der Waals surface area contributed by atoms with E-state index in [2.05, 4.69) is 44.4 Å². The maximum absolute atomic E-state index is 13.0. The number of hydrogen-bond donors (Lipinski definition) is 0. The van der Waals surface area contributed by atoms with E-state index < -0.39 is 6.67 Å². The number of benzene rings is 2. The zero-order valence-electron chi connectivity index (χ0n) is 22.7. The Bertz CT molecular complexity index is 1120. The van der Waals surface area contributed by atoms with Crippen molar-refractivity contribution in [2.75, 3.05) is 26.7 Å². The molecule has 2 aliphatic rings. The van der Waals surface area contributed by atoms with Gasteiger partial charge in [-0.25, -0.2) is 9.38 Å². The highest BCUT2D eigenvalue weighted by Gasteiger charge is 2.22. The fourth-order valence-electron chi connectivity index (χ4n) is 4.49. The predicted molar refractivity (Wildman–Crippen MR) is 155 cm³/mol. The summed E-state index contributed by atoms with van der Waals surface area (Å²) >= 11 is 1.74. The number of amides is 1. The molecule has 0 saturated carbocycles. The van der Waals surface area contributed by atoms with Gasteiger partial charge in [0, 0.05) is 54.2 Å². The quantitative estimate of drug-likeness (QED) is 0.368. The van der Waals surface area contributed by atoms with E-state index in [1.54, 1.807) is 22.7 Å². The fourth-order valence-corrected chi connectivity index (χ4v) is 5.41. The molecule has 2 aliphatic heterocycles. The fraction of sp³-hybridized carbons (Fsp3) is 0.419. The zero-order chi connectivity index (χ0) is 26.8. The molecule has 0 aliphatic carbocycles. The van der Waals surface area contributed by atoms with Crippen LogP contribution in [0, 0.1) is 0 Å². The lowest BCUT2D eigenvalue weighted by molar-refractivity contribution is -0.129. The number of fused-ring (bicyclic) bond motifs is 1. The van der Waals surface area contributed by atoms with Crippen LogP contribution in [0.5, 0.6) is 0 Å². The van der Waals surface area contributed by atoms with Gasteiger partial charge in [0.05, 0.1) is 0 Å². The molecular formula is C31H40FN3OS. The van der Waals surface area contributed by atoms with Crippen LogP contribution in [0.1, 0.15) is 69.1 Å². The van der Waals surface area contributed by atoms with Crippen molar-refractivity contribution in [2.45, 2.75) is 63.9 Å². The van der Waals surface area contributed by atoms with Crippen LogP contribution in [0.4, 0.5) is 4.39 Å². The lowest BCUT2D eigenvalue weighted by Crippen LogP contribution is -2.36. The topological polar surface area (TPSA) is 35.9 Å². The van der Waals surface area contributed by atoms with Gasteiger partial charge in [-0.15, -0.1) is 6.58 Å². The van der Waals surface area contributed by atoms with Crippen molar-refractivity contribution in [3.8, 4) is 0 Å². The molecule has 1 atom stereocenters. The second-order valence-corrected chi connectivity index (χ2v) is 11.0. The van der Waals surface area contributed by atoms with Crippen molar-refractivity contribution in [3.05, 3.63) is 88.5 Å². The number of likely N-dealkylation sites (tertiary alicyclic amines) is 1. The highest BCUT2D eigenvalue weighted by molar-refractivity contribution is 8.03. The third kappa shape index (κ3) is 8.06. The number of rotatable bonds is 6. The van der Waals surface area contributed by atoms with Gasteiger partial charge in [0.1, 0.15) is 12.5 Å². The maximum Gasteiger partial charge on any atom is 0.226 e. The van der Waals surface area contributed by atoms with Gasteiger partial charge in [-0.3, -0.25) is 4.79 Å². The first kappa shape index (κ1) is 28.7. The van der Waals surface area contributed by atoms with Crippen LogP contribution in [0.15, 0.2) is 81.7 Å². The average molecular weight is 522 g/mol. The van der Waals surface area contributed by atoms with Crippen LogP contribution in [-0.2, 0) is 11.5 Å². The summed E-state index contributed by atoms with van der Waals surface area (Å²) in [7, 11) is 1.84. The van der Waals surface area contributed by atoms with E-state index >= 15 is 0 Å². The highest BCUT2D eigenvalue weighted by atomic mass is 32.2. The summed E-state index contributed by atoms with van der Waals surface area (Å²) in [4.78, 5) is 23.0. The Labute approximate surface area is 226 Å². The number of thioether (sulfide) groups is 1. The Morgan fingerprint density at radius 1 is 1.16 bits per heavy atom. The Morgan fingerprint density at radius 2 is 1.86 bits per heavy atom. The van der Waals surface area contributed by atoms with E-state index in [0.29, 0.717) is 12.3 Å². The van der Waals surface area contributed by atoms with Crippen LogP contribution in [0.3, 0.4) is 0 Å². The van der Waals surface area contributed by atoms with E-state index in [1.165, 1.54) is 34.6 Å². The van der Waals surface area contributed by atoms with Gasteiger partial charge < -0.3 is 9.80 Å². The molecule has 0 bridgehead atoms. The van der Waals surface area contributed by atoms with E-state index in [-0.39, 0.29) is 5.91 Å². The number of piperidine rings is 1. The molecule has 1 unspecified atom stereocenters. The number of aliphatic imine (C=N–C) groups is 1. The summed E-state index contributed by atoms with van der Waals surface area (Å²) in [5.74, 6) is 1.51. The second kappa shape index (κ2) is 14.2. The zero-order valence-corrected chi connectivity index (χ0v) is 23.5. The largest absolute Gasteiger partial charge is 0.356 e. The highest BCUT2D eigenvalue weighted by Crippen LogP contribution is 2.36. The summed E-state index contributed by atoms with van der Waals surface area (Å²) in [6, 6.07) is 16.1. The Kier molecular flexibility index (Phi) is 11.0. The summed E-state index contributed by atoms with van der Waals surface area (Å²) in [6.07, 6.45) is 5.78. The first-order valence-corrected chi connectivity index (χ1v) is 13.9. The van der Waals surface area contributed by atoms with Crippen LogP contribution in [0.25, 0.3) is 0 Å². The first-order valence-electron chi connectivity index (χ1n) is 13.1. The van der Waals surface area contributed by atoms with Crippen LogP contribution in [-0.4, -0.2) is 48.2 Å². The molecule has 0 N–H and O–H groups in total. The molecule has 4 rings (SSSR count). The van der Waals surface area contributed by atoms with E-state index in [0.717, 1.165) is 42.3 Å². The average Bonchev–Trinajstić information content (AvgIpc) is 3.05. The molecule has 1 saturated heterocycles. The minimum absolute atomic E-state index is 0.123. The molecule has 0 aromatic heterocycles. The van der Waals surface area contributed by atoms with Crippen molar-refractivity contribution in [3.63, 3.8) is 0 Å². The molecule has 1 amide bonds. The summed E-state index contributed by atoms with van der Waals surface area (Å²) < 4.78 is 13.0. The molecular weight excluding hydrogens is 481 g/mol. The number of amidine groups is 1. The van der Waals surface area contributed by atoms with Gasteiger partial charge in [-0.2, -0.15) is 0 Å². The Morgan fingerprint density at radius 3 is 2.51 bits per heavy atom. The molecule has 2 aromatic carbocycles. The number of likely N-dealkylation sites (N-methyl/N-ethyl adjacent to an activating group) is 1. The molecule has 2 heterocycles. The van der Waals surface area contributed by atoms with Crippen molar-refractivity contribution in [1.29, 1.82) is 0 Å². The van der Waals surface area contributed by atoms with Gasteiger partial charge in [-0.05, 0) is 62.3 Å². The number of carbonyl (C=O) groups is 1. The molecule has 2 aromatic rings. The lowest BCUT2D eigenvalue weighted by atomic mass is 10.0. The number of hydrogen-bond acceptors (Lipinski definition) is 4. The normalized spacial score (nSPS) is 16.0. The summed E-state index contributed by atoms with van der Waals surface area (Å²) in [5.41, 5.74) is 4.16. The van der Waals surface area contributed by atoms with Crippen LogP contribution in [0.2, 0.25) is 0 Å². The van der Waals surface area contributed by atoms with Gasteiger partial charge in [0.25, 0.3) is 0 Å². The minimum Gasteiger partial charge on any atom is -0.356 e. The number of nitrogens with zero attached hydrogens (tertiary/aromatic N) is 3. The van der Waals surface area contributed by atoms with Crippen molar-refractivity contribution in [1.82, 2.24) is 9.80 Å². The molecule has 198 valence electrons. The number of carbonyl (C=O) groups excluding carboxylic acids is 1. The Hall–Kier alpha value is -2.86.